The molecule has 0 aromatic carbocycles. The standard InChI is InChI=1S/C6H7NO/c1-2-8-6-4-7-3-5(1)6/h3-4,7H,1-2H2. The molecule has 1 N–H and O–H groups in total. The van der Waals surface area contributed by atoms with E-state index >= 15 is 0 Å². The second-order valence-corrected chi connectivity index (χ2v) is 1.94. The zero-order chi connectivity index (χ0) is 5.40. The maximum absolute atomic E-state index is 5.21. The molecule has 42 valence electrons. The Bertz CT molecular complexity index is 174. The summed E-state index contributed by atoms with van der Waals surface area (Å²) < 4.78 is 5.21. The minimum atomic E-state index is 0.860. The van der Waals surface area contributed by atoms with Crippen LogP contribution in [-0.4, -0.2) is 11.6 Å². The van der Waals surface area contributed by atoms with Crippen molar-refractivity contribution in [2.24, 2.45) is 0 Å². The number of aromatic nitrogens is 1. The van der Waals surface area contributed by atoms with Crippen molar-refractivity contribution in [2.75, 3.05) is 6.61 Å². The fourth-order valence-electron chi connectivity index (χ4n) is 0.982. The monoisotopic (exact) mass is 109 g/mol. The second kappa shape index (κ2) is 1.28. The lowest BCUT2D eigenvalue weighted by Gasteiger charge is -1.87. The van der Waals surface area contributed by atoms with E-state index < -0.39 is 0 Å². The van der Waals surface area contributed by atoms with Gasteiger partial charge in [0, 0.05) is 24.4 Å². The van der Waals surface area contributed by atoms with Crippen LogP contribution in [0.25, 0.3) is 0 Å². The van der Waals surface area contributed by atoms with Crippen molar-refractivity contribution < 1.29 is 4.74 Å². The van der Waals surface area contributed by atoms with Crippen molar-refractivity contribution in [2.45, 2.75) is 6.42 Å². The lowest BCUT2D eigenvalue weighted by molar-refractivity contribution is 0.356. The van der Waals surface area contributed by atoms with Crippen LogP contribution in [0.5, 0.6) is 5.75 Å². The molecular weight excluding hydrogens is 102 g/mol. The van der Waals surface area contributed by atoms with E-state index in [1.807, 2.05) is 12.4 Å². The average molecular weight is 109 g/mol. The number of hydrogen-bond acceptors (Lipinski definition) is 1. The third-order valence-electron chi connectivity index (χ3n) is 1.42. The Kier molecular flexibility index (Phi) is 0.640. The van der Waals surface area contributed by atoms with Crippen molar-refractivity contribution in [3.63, 3.8) is 0 Å². The number of fused-ring (bicyclic) bond motifs is 1. The summed E-state index contributed by atoms with van der Waals surface area (Å²) in [7, 11) is 0. The quantitative estimate of drug-likeness (QED) is 0.527. The molecule has 2 heteroatoms. The highest BCUT2D eigenvalue weighted by molar-refractivity contribution is 5.32. The molecule has 0 saturated carbocycles. The van der Waals surface area contributed by atoms with Crippen LogP contribution in [0.3, 0.4) is 0 Å². The Morgan fingerprint density at radius 3 is 3.38 bits per heavy atom. The van der Waals surface area contributed by atoms with E-state index in [4.69, 9.17) is 4.74 Å². The van der Waals surface area contributed by atoms with Crippen LogP contribution in [0, 0.1) is 0 Å². The van der Waals surface area contributed by atoms with Gasteiger partial charge in [0.2, 0.25) is 0 Å². The first kappa shape index (κ1) is 4.01. The first-order valence-electron chi connectivity index (χ1n) is 2.75. The van der Waals surface area contributed by atoms with Gasteiger partial charge in [0.15, 0.2) is 0 Å². The maximum atomic E-state index is 5.21. The number of ether oxygens (including phenoxy) is 1. The smallest absolute Gasteiger partial charge is 0.140 e. The predicted molar refractivity (Wildman–Crippen MR) is 30.0 cm³/mol. The summed E-state index contributed by atoms with van der Waals surface area (Å²) in [6, 6.07) is 0. The van der Waals surface area contributed by atoms with Crippen LogP contribution in [0.1, 0.15) is 5.56 Å². The van der Waals surface area contributed by atoms with Gasteiger partial charge in [0.05, 0.1) is 6.61 Å². The van der Waals surface area contributed by atoms with Gasteiger partial charge in [-0.25, -0.2) is 0 Å². The van der Waals surface area contributed by atoms with Crippen LogP contribution in [-0.2, 0) is 6.42 Å². The highest BCUT2D eigenvalue weighted by atomic mass is 16.5. The Hall–Kier alpha value is -0.920. The molecule has 8 heavy (non-hydrogen) atoms. The number of nitrogens with one attached hydrogen (secondary N) is 1. The van der Waals surface area contributed by atoms with Crippen molar-refractivity contribution in [1.29, 1.82) is 0 Å². The molecule has 1 aliphatic rings. The van der Waals surface area contributed by atoms with E-state index in [1.165, 1.54) is 5.56 Å². The lowest BCUT2D eigenvalue weighted by atomic mass is 10.3. The average Bonchev–Trinajstić information content (AvgIpc) is 2.15. The van der Waals surface area contributed by atoms with Crippen molar-refractivity contribution in [3.8, 4) is 5.75 Å². The van der Waals surface area contributed by atoms with E-state index in [1.54, 1.807) is 0 Å². The van der Waals surface area contributed by atoms with E-state index in [2.05, 4.69) is 4.98 Å². The van der Waals surface area contributed by atoms with Gasteiger partial charge >= 0.3 is 0 Å². The minimum absolute atomic E-state index is 0.860. The van der Waals surface area contributed by atoms with Crippen molar-refractivity contribution in [3.05, 3.63) is 18.0 Å². The zero-order valence-electron chi connectivity index (χ0n) is 4.48. The third kappa shape index (κ3) is 0.372. The fraction of sp³-hybridized carbons (Fsp3) is 0.333. The minimum Gasteiger partial charge on any atom is -0.491 e. The van der Waals surface area contributed by atoms with Crippen LogP contribution in [0.15, 0.2) is 12.4 Å². The van der Waals surface area contributed by atoms with E-state index in [0.29, 0.717) is 0 Å². The summed E-state index contributed by atoms with van der Waals surface area (Å²) in [5.74, 6) is 1.03. The third-order valence-corrected chi connectivity index (χ3v) is 1.42. The van der Waals surface area contributed by atoms with E-state index in [9.17, 15) is 0 Å². The molecule has 0 spiro atoms. The molecule has 0 fully saturated rings. The maximum Gasteiger partial charge on any atom is 0.140 e. The number of hydrogen-bond donors (Lipinski definition) is 1. The number of rotatable bonds is 0. The van der Waals surface area contributed by atoms with Crippen LogP contribution in [0.4, 0.5) is 0 Å². The Morgan fingerprint density at radius 2 is 2.50 bits per heavy atom. The van der Waals surface area contributed by atoms with Gasteiger partial charge in [0.1, 0.15) is 5.75 Å². The highest BCUT2D eigenvalue weighted by Crippen LogP contribution is 2.22. The molecule has 2 nitrogen and oxygen atoms in total. The normalized spacial score (nSPS) is 15.5. The molecule has 0 amide bonds. The molecule has 1 aliphatic heterocycles. The van der Waals surface area contributed by atoms with Crippen LogP contribution >= 0.6 is 0 Å². The van der Waals surface area contributed by atoms with Crippen LogP contribution in [0.2, 0.25) is 0 Å². The first-order valence-corrected chi connectivity index (χ1v) is 2.75. The lowest BCUT2D eigenvalue weighted by Crippen LogP contribution is -1.87. The molecule has 0 aliphatic carbocycles. The Balaban J connectivity index is 2.54. The fourth-order valence-corrected chi connectivity index (χ4v) is 0.982. The largest absolute Gasteiger partial charge is 0.491 e. The van der Waals surface area contributed by atoms with Gasteiger partial charge in [-0.1, -0.05) is 0 Å². The molecule has 0 radical (unpaired) electrons. The molecule has 1 aromatic rings. The summed E-state index contributed by atoms with van der Waals surface area (Å²) in [5, 5.41) is 0. The second-order valence-electron chi connectivity index (χ2n) is 1.94. The molecule has 2 rings (SSSR count). The molecule has 0 bridgehead atoms. The highest BCUT2D eigenvalue weighted by Gasteiger charge is 2.10. The summed E-state index contributed by atoms with van der Waals surface area (Å²) in [6.45, 7) is 0.860. The number of H-pyrrole nitrogens is 1. The first-order chi connectivity index (χ1) is 3.97. The summed E-state index contributed by atoms with van der Waals surface area (Å²) in [4.78, 5) is 2.98. The summed E-state index contributed by atoms with van der Waals surface area (Å²) in [5.41, 5.74) is 1.31. The van der Waals surface area contributed by atoms with Gasteiger partial charge in [-0.05, 0) is 0 Å². The van der Waals surface area contributed by atoms with Crippen molar-refractivity contribution in [1.82, 2.24) is 4.98 Å². The molecule has 2 heterocycles. The van der Waals surface area contributed by atoms with Gasteiger partial charge in [-0.15, -0.1) is 0 Å². The van der Waals surface area contributed by atoms with Crippen LogP contribution < -0.4 is 4.74 Å². The number of aromatic amines is 1. The molecule has 0 saturated heterocycles. The van der Waals surface area contributed by atoms with Gasteiger partial charge in [-0.3, -0.25) is 0 Å². The molecule has 0 atom stereocenters. The van der Waals surface area contributed by atoms with Gasteiger partial charge in [0.25, 0.3) is 0 Å². The van der Waals surface area contributed by atoms with Gasteiger partial charge in [-0.2, -0.15) is 0 Å². The summed E-state index contributed by atoms with van der Waals surface area (Å²) in [6.07, 6.45) is 4.95. The molecule has 0 unspecified atom stereocenters. The Morgan fingerprint density at radius 1 is 1.50 bits per heavy atom. The topological polar surface area (TPSA) is 25.0 Å². The Labute approximate surface area is 47.5 Å². The zero-order valence-corrected chi connectivity index (χ0v) is 4.48. The van der Waals surface area contributed by atoms with Crippen molar-refractivity contribution >= 4 is 0 Å². The SMILES string of the molecule is c1[nH]cc2c1CCO2. The summed E-state index contributed by atoms with van der Waals surface area (Å²) >= 11 is 0. The molecular formula is C6H7NO. The van der Waals surface area contributed by atoms with Gasteiger partial charge < -0.3 is 9.72 Å². The van der Waals surface area contributed by atoms with E-state index in [-0.39, 0.29) is 0 Å². The predicted octanol–water partition coefficient (Wildman–Crippen LogP) is 0.950. The molecule has 1 aromatic heterocycles. The van der Waals surface area contributed by atoms with E-state index in [0.717, 1.165) is 18.8 Å².